The number of hydrogen-bond acceptors (Lipinski definition) is 6. The molecule has 2 aromatic rings. The average molecular weight is 470 g/mol. The number of alkyl halides is 2. The van der Waals surface area contributed by atoms with Gasteiger partial charge in [0.2, 0.25) is 10.0 Å². The maximum atomic E-state index is 13.0. The van der Waals surface area contributed by atoms with Crippen molar-refractivity contribution < 1.29 is 36.2 Å². The Balaban J connectivity index is 1.77. The predicted molar refractivity (Wildman–Crippen MR) is 112 cm³/mol. The molecule has 0 spiro atoms. The predicted octanol–water partition coefficient (Wildman–Crippen LogP) is 3.02. The molecule has 0 unspecified atom stereocenters. The van der Waals surface area contributed by atoms with Crippen LogP contribution in [0.3, 0.4) is 0 Å². The van der Waals surface area contributed by atoms with E-state index in [2.05, 4.69) is 10.1 Å². The highest BCUT2D eigenvalue weighted by atomic mass is 32.2. The summed E-state index contributed by atoms with van der Waals surface area (Å²) in [5.41, 5.74) is 0.725. The maximum Gasteiger partial charge on any atom is 0.387 e. The minimum absolute atomic E-state index is 0.0599. The maximum absolute atomic E-state index is 13.0. The summed E-state index contributed by atoms with van der Waals surface area (Å²) < 4.78 is 66.9. The van der Waals surface area contributed by atoms with Gasteiger partial charge in [0.05, 0.1) is 14.2 Å². The summed E-state index contributed by atoms with van der Waals surface area (Å²) in [5, 5.41) is 2.68. The van der Waals surface area contributed by atoms with Crippen LogP contribution < -0.4 is 19.5 Å². The highest BCUT2D eigenvalue weighted by molar-refractivity contribution is 7.89. The van der Waals surface area contributed by atoms with Crippen LogP contribution in [-0.2, 0) is 16.6 Å². The van der Waals surface area contributed by atoms with E-state index in [1.807, 2.05) is 0 Å². The summed E-state index contributed by atoms with van der Waals surface area (Å²) in [6.45, 7) is -2.08. The highest BCUT2D eigenvalue weighted by Crippen LogP contribution is 2.31. The topological polar surface area (TPSA) is 94.2 Å². The van der Waals surface area contributed by atoms with Gasteiger partial charge in [-0.1, -0.05) is 6.07 Å². The van der Waals surface area contributed by atoms with Crippen molar-refractivity contribution in [1.29, 1.82) is 0 Å². The number of rotatable bonds is 9. The fourth-order valence-corrected chi connectivity index (χ4v) is 5.09. The number of methoxy groups -OCH3 is 2. The summed E-state index contributed by atoms with van der Waals surface area (Å²) in [6.07, 6.45) is 1.57. The van der Waals surface area contributed by atoms with Crippen LogP contribution in [0.4, 0.5) is 8.78 Å². The van der Waals surface area contributed by atoms with E-state index in [0.717, 1.165) is 12.8 Å². The van der Waals surface area contributed by atoms with Gasteiger partial charge >= 0.3 is 6.61 Å². The number of halogens is 2. The van der Waals surface area contributed by atoms with Crippen molar-refractivity contribution in [3.8, 4) is 17.2 Å². The van der Waals surface area contributed by atoms with Crippen LogP contribution in [0.1, 0.15) is 28.8 Å². The molecule has 8 nitrogen and oxygen atoms in total. The lowest BCUT2D eigenvalue weighted by Gasteiger charge is -2.18. The van der Waals surface area contributed by atoms with Crippen LogP contribution in [0.25, 0.3) is 0 Å². The van der Waals surface area contributed by atoms with Gasteiger partial charge in [-0.05, 0) is 48.7 Å². The number of carbonyl (C=O) groups is 1. The van der Waals surface area contributed by atoms with Gasteiger partial charge in [-0.25, -0.2) is 8.42 Å². The van der Waals surface area contributed by atoms with Crippen molar-refractivity contribution in [2.45, 2.75) is 30.9 Å². The normalized spacial score (nSPS) is 14.4. The molecule has 1 aliphatic rings. The monoisotopic (exact) mass is 470 g/mol. The van der Waals surface area contributed by atoms with Crippen molar-refractivity contribution in [3.05, 3.63) is 47.5 Å². The van der Waals surface area contributed by atoms with Crippen LogP contribution in [0, 0.1) is 0 Å². The van der Waals surface area contributed by atoms with Gasteiger partial charge in [0, 0.05) is 25.2 Å². The number of sulfonamides is 1. The van der Waals surface area contributed by atoms with Gasteiger partial charge < -0.3 is 19.5 Å². The van der Waals surface area contributed by atoms with E-state index >= 15 is 0 Å². The molecular formula is C21H24F2N2O6S. The summed E-state index contributed by atoms with van der Waals surface area (Å²) in [6, 6.07) is 8.50. The van der Waals surface area contributed by atoms with Gasteiger partial charge in [-0.15, -0.1) is 0 Å². The lowest BCUT2D eigenvalue weighted by atomic mass is 10.1. The fraction of sp³-hybridized carbons (Fsp3) is 0.381. The number of hydrogen-bond donors (Lipinski definition) is 1. The van der Waals surface area contributed by atoms with Gasteiger partial charge in [0.25, 0.3) is 5.91 Å². The number of carbonyl (C=O) groups excluding carboxylic acids is 1. The quantitative estimate of drug-likeness (QED) is 0.606. The van der Waals surface area contributed by atoms with E-state index in [0.29, 0.717) is 18.7 Å². The summed E-state index contributed by atoms with van der Waals surface area (Å²) in [4.78, 5) is 12.6. The second-order valence-corrected chi connectivity index (χ2v) is 8.93. The van der Waals surface area contributed by atoms with Gasteiger partial charge in [0.15, 0.2) is 11.5 Å². The Bertz CT molecular complexity index is 1070. The third kappa shape index (κ3) is 5.28. The Morgan fingerprint density at radius 1 is 1.03 bits per heavy atom. The van der Waals surface area contributed by atoms with Crippen LogP contribution in [0.5, 0.6) is 17.2 Å². The molecule has 1 aliphatic heterocycles. The SMILES string of the molecule is COc1cc(CNC(=O)c2ccc(OC)c(S(=O)(=O)N3CCCC3)c2)ccc1OC(F)F. The smallest absolute Gasteiger partial charge is 0.387 e. The molecule has 32 heavy (non-hydrogen) atoms. The van der Waals surface area contributed by atoms with Gasteiger partial charge in [0.1, 0.15) is 10.6 Å². The third-order valence-corrected chi connectivity index (χ3v) is 6.93. The van der Waals surface area contributed by atoms with Crippen molar-refractivity contribution in [3.63, 3.8) is 0 Å². The molecule has 1 amide bonds. The minimum Gasteiger partial charge on any atom is -0.495 e. The largest absolute Gasteiger partial charge is 0.495 e. The lowest BCUT2D eigenvalue weighted by molar-refractivity contribution is -0.0512. The third-order valence-electron chi connectivity index (χ3n) is 5.01. The number of amides is 1. The molecule has 3 rings (SSSR count). The molecule has 1 saturated heterocycles. The van der Waals surface area contributed by atoms with Crippen LogP contribution >= 0.6 is 0 Å². The first-order valence-electron chi connectivity index (χ1n) is 9.84. The number of nitrogens with zero attached hydrogens (tertiary/aromatic N) is 1. The molecule has 2 aromatic carbocycles. The second kappa shape index (κ2) is 10.1. The van der Waals surface area contributed by atoms with Crippen molar-refractivity contribution in [2.75, 3.05) is 27.3 Å². The van der Waals surface area contributed by atoms with Crippen molar-refractivity contribution in [1.82, 2.24) is 9.62 Å². The van der Waals surface area contributed by atoms with Gasteiger partial charge in [-0.2, -0.15) is 13.1 Å². The zero-order valence-corrected chi connectivity index (χ0v) is 18.5. The number of benzene rings is 2. The molecule has 1 fully saturated rings. The van der Waals surface area contributed by atoms with Crippen molar-refractivity contribution in [2.24, 2.45) is 0 Å². The fourth-order valence-electron chi connectivity index (χ4n) is 3.39. The van der Waals surface area contributed by atoms with E-state index in [9.17, 15) is 22.0 Å². The standard InChI is InChI=1S/C21H24F2N2O6S/c1-29-17-8-6-15(12-19(17)32(27,28)25-9-3-4-10-25)20(26)24-13-14-5-7-16(31-21(22)23)18(11-14)30-2/h5-8,11-12,21H,3-4,9-10,13H2,1-2H3,(H,24,26). The molecule has 0 atom stereocenters. The summed E-state index contributed by atoms with van der Waals surface area (Å²) in [5.74, 6) is -0.366. The second-order valence-electron chi connectivity index (χ2n) is 7.02. The van der Waals surface area contributed by atoms with Crippen LogP contribution in [0.15, 0.2) is 41.3 Å². The molecule has 1 N–H and O–H groups in total. The highest BCUT2D eigenvalue weighted by Gasteiger charge is 2.30. The zero-order chi connectivity index (χ0) is 23.3. The molecule has 11 heteroatoms. The Labute approximate surface area is 185 Å². The molecule has 0 bridgehead atoms. The molecule has 0 saturated carbocycles. The Hall–Kier alpha value is -2.92. The summed E-state index contributed by atoms with van der Waals surface area (Å²) in [7, 11) is -1.11. The summed E-state index contributed by atoms with van der Waals surface area (Å²) >= 11 is 0. The molecule has 0 aliphatic carbocycles. The van der Waals surface area contributed by atoms with E-state index in [1.54, 1.807) is 0 Å². The molecule has 1 heterocycles. The van der Waals surface area contributed by atoms with E-state index in [4.69, 9.17) is 9.47 Å². The first kappa shape index (κ1) is 23.7. The first-order chi connectivity index (χ1) is 15.3. The Morgan fingerprint density at radius 2 is 1.69 bits per heavy atom. The Morgan fingerprint density at radius 3 is 2.31 bits per heavy atom. The zero-order valence-electron chi connectivity index (χ0n) is 17.6. The molecule has 174 valence electrons. The van der Waals surface area contributed by atoms with E-state index in [-0.39, 0.29) is 34.3 Å². The lowest BCUT2D eigenvalue weighted by Crippen LogP contribution is -2.29. The molecule has 0 aromatic heterocycles. The van der Waals surface area contributed by atoms with E-state index in [1.165, 1.54) is 54.9 Å². The number of ether oxygens (including phenoxy) is 3. The van der Waals surface area contributed by atoms with Crippen LogP contribution in [-0.4, -0.2) is 52.6 Å². The Kier molecular flexibility index (Phi) is 7.52. The number of nitrogens with one attached hydrogen (secondary N) is 1. The van der Waals surface area contributed by atoms with E-state index < -0.39 is 22.5 Å². The first-order valence-corrected chi connectivity index (χ1v) is 11.3. The molecular weight excluding hydrogens is 446 g/mol. The minimum atomic E-state index is -3.79. The average Bonchev–Trinajstić information content (AvgIpc) is 3.33. The van der Waals surface area contributed by atoms with Crippen LogP contribution in [0.2, 0.25) is 0 Å². The van der Waals surface area contributed by atoms with Crippen molar-refractivity contribution >= 4 is 15.9 Å². The molecule has 0 radical (unpaired) electrons. The van der Waals surface area contributed by atoms with Gasteiger partial charge in [-0.3, -0.25) is 4.79 Å².